The number of halogens is 2. The predicted octanol–water partition coefficient (Wildman–Crippen LogP) is 5.96. The Kier molecular flexibility index (Phi) is 4.34. The van der Waals surface area contributed by atoms with Crippen molar-refractivity contribution < 1.29 is 0 Å². The summed E-state index contributed by atoms with van der Waals surface area (Å²) in [5.74, 6) is 0. The molecule has 2 nitrogen and oxygen atoms in total. The largest absolute Gasteiger partial charge is 0.319 e. The van der Waals surface area contributed by atoms with Crippen molar-refractivity contribution in [1.82, 2.24) is 9.88 Å². The monoisotopic (exact) mass is 386 g/mol. The Hall–Kier alpha value is -1.78. The highest BCUT2D eigenvalue weighted by Crippen LogP contribution is 2.37. The van der Waals surface area contributed by atoms with E-state index in [-0.39, 0.29) is 18.4 Å². The number of nitrogens with one attached hydrogen (secondary N) is 1. The molecule has 0 amide bonds. The molecule has 3 heterocycles. The van der Waals surface area contributed by atoms with Crippen molar-refractivity contribution in [1.29, 1.82) is 0 Å². The quantitative estimate of drug-likeness (QED) is 0.426. The van der Waals surface area contributed by atoms with Gasteiger partial charge in [-0.1, -0.05) is 35.9 Å². The number of thiophene rings is 1. The van der Waals surface area contributed by atoms with Crippen LogP contribution in [0.3, 0.4) is 0 Å². The molecule has 1 aliphatic heterocycles. The summed E-state index contributed by atoms with van der Waals surface area (Å²) in [5.41, 5.74) is 3.57. The molecule has 5 heteroatoms. The zero-order chi connectivity index (χ0) is 16.1. The third kappa shape index (κ3) is 2.68. The van der Waals surface area contributed by atoms with Gasteiger partial charge in [-0.05, 0) is 41.8 Å². The van der Waals surface area contributed by atoms with Crippen molar-refractivity contribution in [2.45, 2.75) is 12.6 Å². The van der Waals surface area contributed by atoms with Crippen molar-refractivity contribution in [3.63, 3.8) is 0 Å². The molecular weight excluding hydrogens is 371 g/mol. The maximum absolute atomic E-state index is 6.46. The molecule has 0 spiro atoms. The maximum Gasteiger partial charge on any atom is 0.0831 e. The maximum atomic E-state index is 6.46. The van der Waals surface area contributed by atoms with E-state index in [1.807, 2.05) is 23.5 Å². The second-order valence-electron chi connectivity index (χ2n) is 6.04. The van der Waals surface area contributed by atoms with Gasteiger partial charge in [0.25, 0.3) is 0 Å². The van der Waals surface area contributed by atoms with Gasteiger partial charge in [-0.2, -0.15) is 0 Å². The minimum atomic E-state index is 0. The van der Waals surface area contributed by atoms with Crippen LogP contribution in [0.1, 0.15) is 22.2 Å². The Morgan fingerprint density at radius 3 is 2.80 bits per heavy atom. The predicted molar refractivity (Wildman–Crippen MR) is 109 cm³/mol. The molecule has 126 valence electrons. The van der Waals surface area contributed by atoms with Crippen molar-refractivity contribution in [3.05, 3.63) is 88.0 Å². The van der Waals surface area contributed by atoms with Gasteiger partial charge in [0, 0.05) is 38.6 Å². The summed E-state index contributed by atoms with van der Waals surface area (Å²) in [6.45, 7) is 0.760. The first-order valence-electron chi connectivity index (χ1n) is 7.98. The van der Waals surface area contributed by atoms with E-state index >= 15 is 0 Å². The first kappa shape index (κ1) is 16.7. The van der Waals surface area contributed by atoms with Crippen molar-refractivity contribution in [3.8, 4) is 5.69 Å². The average Bonchev–Trinajstić information content (AvgIpc) is 3.20. The second-order valence-corrected chi connectivity index (χ2v) is 7.56. The van der Waals surface area contributed by atoms with Crippen LogP contribution in [-0.2, 0) is 6.54 Å². The first-order valence-corrected chi connectivity index (χ1v) is 9.17. The molecule has 1 N–H and O–H groups in total. The molecule has 0 bridgehead atoms. The van der Waals surface area contributed by atoms with E-state index in [2.05, 4.69) is 64.6 Å². The fraction of sp³-hybridized carbons (Fsp3) is 0.100. The van der Waals surface area contributed by atoms with Gasteiger partial charge in [-0.25, -0.2) is 0 Å². The lowest BCUT2D eigenvalue weighted by molar-refractivity contribution is 0.609. The van der Waals surface area contributed by atoms with Gasteiger partial charge in [0.05, 0.1) is 11.7 Å². The fourth-order valence-corrected chi connectivity index (χ4v) is 4.89. The van der Waals surface area contributed by atoms with E-state index in [0.717, 1.165) is 17.1 Å². The Bertz CT molecular complexity index is 1020. The van der Waals surface area contributed by atoms with Crippen LogP contribution >= 0.6 is 35.3 Å². The van der Waals surface area contributed by atoms with E-state index in [1.54, 1.807) is 0 Å². The summed E-state index contributed by atoms with van der Waals surface area (Å²) >= 11 is 8.31. The fourth-order valence-electron chi connectivity index (χ4n) is 3.50. The van der Waals surface area contributed by atoms with Crippen LogP contribution in [0.2, 0.25) is 5.02 Å². The summed E-state index contributed by atoms with van der Waals surface area (Å²) in [7, 11) is 0. The highest BCUT2D eigenvalue weighted by molar-refractivity contribution is 7.19. The minimum absolute atomic E-state index is 0. The van der Waals surface area contributed by atoms with Crippen molar-refractivity contribution in [2.24, 2.45) is 0 Å². The molecule has 1 aliphatic rings. The number of rotatable bonds is 1. The third-order valence-corrected chi connectivity index (χ3v) is 6.18. The lowest BCUT2D eigenvalue weighted by atomic mass is 10.1. The molecule has 5 rings (SSSR count). The smallest absolute Gasteiger partial charge is 0.0831 e. The molecule has 1 unspecified atom stereocenters. The van der Waals surface area contributed by atoms with E-state index < -0.39 is 0 Å². The zero-order valence-electron chi connectivity index (χ0n) is 13.3. The van der Waals surface area contributed by atoms with Crippen LogP contribution in [0.25, 0.3) is 15.8 Å². The SMILES string of the molecule is Cl.Clc1cccc2c1CNC(c1cc3ccccc3s1)c1cccn1-2. The number of hydrogen-bond donors (Lipinski definition) is 1. The number of hydrogen-bond acceptors (Lipinski definition) is 2. The number of benzene rings is 2. The third-order valence-electron chi connectivity index (χ3n) is 4.64. The summed E-state index contributed by atoms with van der Waals surface area (Å²) < 4.78 is 3.59. The lowest BCUT2D eigenvalue weighted by Gasteiger charge is -2.15. The van der Waals surface area contributed by atoms with Gasteiger partial charge in [0.2, 0.25) is 0 Å². The molecule has 0 saturated carbocycles. The van der Waals surface area contributed by atoms with Crippen LogP contribution in [0.5, 0.6) is 0 Å². The molecule has 0 aliphatic carbocycles. The van der Waals surface area contributed by atoms with Crippen LogP contribution < -0.4 is 5.32 Å². The van der Waals surface area contributed by atoms with Gasteiger partial charge >= 0.3 is 0 Å². The highest BCUT2D eigenvalue weighted by Gasteiger charge is 2.25. The second kappa shape index (κ2) is 6.50. The van der Waals surface area contributed by atoms with Crippen LogP contribution in [0.15, 0.2) is 66.9 Å². The highest BCUT2D eigenvalue weighted by atomic mass is 35.5. The van der Waals surface area contributed by atoms with Crippen LogP contribution in [0, 0.1) is 0 Å². The number of fused-ring (bicyclic) bond motifs is 4. The zero-order valence-corrected chi connectivity index (χ0v) is 15.7. The van der Waals surface area contributed by atoms with E-state index in [0.29, 0.717) is 0 Å². The van der Waals surface area contributed by atoms with Gasteiger partial charge < -0.3 is 9.88 Å². The Morgan fingerprint density at radius 2 is 1.92 bits per heavy atom. The minimum Gasteiger partial charge on any atom is -0.319 e. The van der Waals surface area contributed by atoms with E-state index in [9.17, 15) is 0 Å². The van der Waals surface area contributed by atoms with Gasteiger partial charge in [-0.3, -0.25) is 0 Å². The Morgan fingerprint density at radius 1 is 1.04 bits per heavy atom. The average molecular weight is 387 g/mol. The molecule has 2 aromatic heterocycles. The normalized spacial score (nSPS) is 16.0. The molecule has 0 fully saturated rings. The topological polar surface area (TPSA) is 17.0 Å². The van der Waals surface area contributed by atoms with Crippen LogP contribution in [0.4, 0.5) is 0 Å². The molecule has 25 heavy (non-hydrogen) atoms. The number of nitrogens with zero attached hydrogens (tertiary/aromatic N) is 1. The molecular formula is C20H16Cl2N2S. The Labute approximate surface area is 161 Å². The molecule has 0 saturated heterocycles. The Balaban J connectivity index is 0.00000157. The molecule has 1 atom stereocenters. The van der Waals surface area contributed by atoms with Gasteiger partial charge in [0.15, 0.2) is 0 Å². The molecule has 4 aromatic rings. The van der Waals surface area contributed by atoms with Crippen molar-refractivity contribution in [2.75, 3.05) is 0 Å². The standard InChI is InChI=1S/C20H15ClN2S.ClH/c21-15-6-3-7-16-14(15)12-22-20(17-8-4-10-23(16)17)19-11-13-5-1-2-9-18(13)24-19;/h1-11,20,22H,12H2;1H. The summed E-state index contributed by atoms with van der Waals surface area (Å²) in [6, 6.07) is 21.4. The molecule has 2 aromatic carbocycles. The summed E-state index contributed by atoms with van der Waals surface area (Å²) in [4.78, 5) is 1.33. The summed E-state index contributed by atoms with van der Waals surface area (Å²) in [5, 5.41) is 5.82. The van der Waals surface area contributed by atoms with E-state index in [1.165, 1.54) is 26.3 Å². The summed E-state index contributed by atoms with van der Waals surface area (Å²) in [6.07, 6.45) is 2.12. The molecule has 0 radical (unpaired) electrons. The first-order chi connectivity index (χ1) is 11.8. The van der Waals surface area contributed by atoms with Crippen molar-refractivity contribution >= 4 is 45.4 Å². The lowest BCUT2D eigenvalue weighted by Crippen LogP contribution is -2.20. The van der Waals surface area contributed by atoms with Gasteiger partial charge in [-0.15, -0.1) is 23.7 Å². The van der Waals surface area contributed by atoms with Crippen LogP contribution in [-0.4, -0.2) is 4.57 Å². The van der Waals surface area contributed by atoms with Gasteiger partial charge in [0.1, 0.15) is 0 Å². The number of aromatic nitrogens is 1. The van der Waals surface area contributed by atoms with E-state index in [4.69, 9.17) is 11.6 Å².